The van der Waals surface area contributed by atoms with Gasteiger partial charge in [-0.15, -0.1) is 0 Å². The molecule has 8 heteroatoms. The molecule has 0 spiro atoms. The molecular weight excluding hydrogens is 378 g/mol. The van der Waals surface area contributed by atoms with E-state index in [0.717, 1.165) is 28.9 Å². The van der Waals surface area contributed by atoms with Crippen LogP contribution in [0.4, 0.5) is 11.8 Å². The summed E-state index contributed by atoms with van der Waals surface area (Å²) in [6.45, 7) is -6.23. The summed E-state index contributed by atoms with van der Waals surface area (Å²) in [5.74, 6) is -1.16. The van der Waals surface area contributed by atoms with Crippen molar-refractivity contribution in [3.8, 4) is 11.3 Å². The molecule has 4 heterocycles. The molecule has 0 aliphatic carbocycles. The van der Waals surface area contributed by atoms with Gasteiger partial charge < -0.3 is 9.47 Å². The second-order valence-corrected chi connectivity index (χ2v) is 6.52. The Morgan fingerprint density at radius 3 is 2.80 bits per heavy atom. The lowest BCUT2D eigenvalue weighted by molar-refractivity contribution is 0.102. The number of imidazole rings is 1. The molecule has 150 valence electrons. The molecule has 1 N–H and O–H groups in total. The molecule has 1 saturated heterocycles. The summed E-state index contributed by atoms with van der Waals surface area (Å²) in [5, 5.41) is 3.29. The zero-order valence-corrected chi connectivity index (χ0v) is 15.8. The maximum absolute atomic E-state index is 13.0. The Labute approximate surface area is 184 Å². The van der Waals surface area contributed by atoms with Gasteiger partial charge in [0.25, 0.3) is 5.91 Å². The Morgan fingerprint density at radius 2 is 2.00 bits per heavy atom. The third kappa shape index (κ3) is 3.47. The molecule has 3 aromatic heterocycles. The average molecular weight is 408 g/mol. The largest absolute Gasteiger partial charge is 0.357 e. The van der Waals surface area contributed by atoms with Crippen molar-refractivity contribution in [3.05, 3.63) is 60.8 Å². The van der Waals surface area contributed by atoms with Gasteiger partial charge in [-0.25, -0.2) is 19.9 Å². The minimum atomic E-state index is -3.23. The molecule has 1 aromatic carbocycles. The maximum atomic E-state index is 13.0. The molecule has 1 aliphatic heterocycles. The molecule has 0 unspecified atom stereocenters. The van der Waals surface area contributed by atoms with Gasteiger partial charge in [0.2, 0.25) is 5.95 Å². The standard InChI is InChI=1S/C22H21N7O/c1-28-14-23-13-19(28)15-4-5-17-12-25-22(26-18(17)10-15)27-21(30)16-6-7-24-20(11-16)29-8-2-3-9-29/h4-7,10-14H,2-3,8-9H2,1H3,(H,25,26,27,30)/i2D2,3D2,8D2,9D2. The van der Waals surface area contributed by atoms with Crippen LogP contribution >= 0.6 is 0 Å². The van der Waals surface area contributed by atoms with Crippen molar-refractivity contribution < 1.29 is 15.8 Å². The number of carbonyl (C=O) groups is 1. The van der Waals surface area contributed by atoms with Crippen molar-refractivity contribution >= 4 is 28.6 Å². The summed E-state index contributed by atoms with van der Waals surface area (Å²) in [6, 6.07) is 7.93. The summed E-state index contributed by atoms with van der Waals surface area (Å²) >= 11 is 0. The van der Waals surface area contributed by atoms with Crippen molar-refractivity contribution in [2.45, 2.75) is 12.7 Å². The third-order valence-electron chi connectivity index (χ3n) is 4.56. The van der Waals surface area contributed by atoms with Crippen LogP contribution in [0.15, 0.2) is 55.2 Å². The van der Waals surface area contributed by atoms with E-state index in [4.69, 9.17) is 11.0 Å². The second-order valence-electron chi connectivity index (χ2n) is 6.52. The first kappa shape index (κ1) is 11.4. The van der Waals surface area contributed by atoms with Crippen molar-refractivity contribution in [3.63, 3.8) is 0 Å². The quantitative estimate of drug-likeness (QED) is 0.558. The van der Waals surface area contributed by atoms with Gasteiger partial charge in [0.15, 0.2) is 0 Å². The van der Waals surface area contributed by atoms with Crippen LogP contribution in [0.1, 0.15) is 34.1 Å². The number of carbonyl (C=O) groups excluding carboxylic acids is 1. The zero-order valence-electron chi connectivity index (χ0n) is 23.8. The van der Waals surface area contributed by atoms with Crippen LogP contribution < -0.4 is 10.2 Å². The molecular formula is C22H21N7O. The molecule has 30 heavy (non-hydrogen) atoms. The first-order valence-electron chi connectivity index (χ1n) is 13.0. The van der Waals surface area contributed by atoms with Gasteiger partial charge in [0, 0.05) is 59.9 Å². The predicted octanol–water partition coefficient (Wildman–Crippen LogP) is 3.28. The van der Waals surface area contributed by atoms with Crippen LogP contribution in [0, 0.1) is 0 Å². The van der Waals surface area contributed by atoms with E-state index in [1.54, 1.807) is 18.7 Å². The van der Waals surface area contributed by atoms with Crippen molar-refractivity contribution in [1.29, 1.82) is 0 Å². The van der Waals surface area contributed by atoms with E-state index in [9.17, 15) is 4.79 Å². The van der Waals surface area contributed by atoms with Crippen LogP contribution in [-0.2, 0) is 7.05 Å². The average Bonchev–Trinajstić information content (AvgIpc) is 3.31. The van der Waals surface area contributed by atoms with Crippen LogP contribution in [0.25, 0.3) is 22.2 Å². The molecule has 0 bridgehead atoms. The highest BCUT2D eigenvalue weighted by molar-refractivity contribution is 6.04. The molecule has 1 aliphatic rings. The number of rotatable bonds is 4. The Morgan fingerprint density at radius 1 is 1.13 bits per heavy atom. The fourth-order valence-corrected chi connectivity index (χ4v) is 3.04. The number of aryl methyl sites for hydroxylation is 1. The van der Waals surface area contributed by atoms with Gasteiger partial charge >= 0.3 is 0 Å². The number of pyridine rings is 1. The third-order valence-corrected chi connectivity index (χ3v) is 4.56. The van der Waals surface area contributed by atoms with Crippen LogP contribution in [0.5, 0.6) is 0 Å². The summed E-state index contributed by atoms with van der Waals surface area (Å²) < 4.78 is 66.4. The van der Waals surface area contributed by atoms with E-state index in [0.29, 0.717) is 10.4 Å². The highest BCUT2D eigenvalue weighted by atomic mass is 16.1. The topological polar surface area (TPSA) is 88.8 Å². The van der Waals surface area contributed by atoms with Gasteiger partial charge in [-0.05, 0) is 30.9 Å². The normalized spacial score (nSPS) is 24.4. The Bertz CT molecular complexity index is 1550. The first-order valence-corrected chi connectivity index (χ1v) is 9.00. The molecule has 0 radical (unpaired) electrons. The van der Waals surface area contributed by atoms with Gasteiger partial charge in [-0.2, -0.15) is 0 Å². The fourth-order valence-electron chi connectivity index (χ4n) is 3.04. The molecule has 0 saturated carbocycles. The maximum Gasteiger partial charge on any atom is 0.258 e. The first-order chi connectivity index (χ1) is 17.7. The number of amides is 1. The number of hydrogen-bond acceptors (Lipinski definition) is 6. The smallest absolute Gasteiger partial charge is 0.258 e. The number of hydrogen-bond donors (Lipinski definition) is 1. The number of aromatic nitrogens is 5. The summed E-state index contributed by atoms with van der Waals surface area (Å²) in [5.41, 5.74) is 2.23. The van der Waals surface area contributed by atoms with E-state index in [1.165, 1.54) is 6.07 Å². The van der Waals surface area contributed by atoms with Crippen molar-refractivity contribution in [2.24, 2.45) is 7.05 Å². The van der Waals surface area contributed by atoms with E-state index in [1.807, 2.05) is 29.8 Å². The van der Waals surface area contributed by atoms with E-state index in [2.05, 4.69) is 25.3 Å². The Balaban J connectivity index is 1.45. The number of benzene rings is 1. The van der Waals surface area contributed by atoms with Crippen LogP contribution in [-0.4, -0.2) is 43.4 Å². The van der Waals surface area contributed by atoms with E-state index < -0.39 is 37.5 Å². The lowest BCUT2D eigenvalue weighted by Crippen LogP contribution is -2.20. The second kappa shape index (κ2) is 7.55. The number of fused-ring (bicyclic) bond motifs is 1. The molecule has 5 rings (SSSR count). The highest BCUT2D eigenvalue weighted by Gasteiger charge is 2.16. The van der Waals surface area contributed by atoms with E-state index in [-0.39, 0.29) is 11.5 Å². The molecule has 1 fully saturated rings. The van der Waals surface area contributed by atoms with Crippen LogP contribution in [0.3, 0.4) is 0 Å². The summed E-state index contributed by atoms with van der Waals surface area (Å²) in [7, 11) is 1.86. The lowest BCUT2D eigenvalue weighted by atomic mass is 10.1. The monoisotopic (exact) mass is 407 g/mol. The van der Waals surface area contributed by atoms with Crippen molar-refractivity contribution in [1.82, 2.24) is 24.5 Å². The number of nitrogens with one attached hydrogen (secondary N) is 1. The van der Waals surface area contributed by atoms with Gasteiger partial charge in [-0.3, -0.25) is 10.1 Å². The number of nitrogens with zero attached hydrogens (tertiary/aromatic N) is 6. The Kier molecular flexibility index (Phi) is 2.87. The lowest BCUT2D eigenvalue weighted by Gasteiger charge is -2.16. The molecule has 8 nitrogen and oxygen atoms in total. The van der Waals surface area contributed by atoms with Gasteiger partial charge in [-0.1, -0.05) is 12.1 Å². The minimum Gasteiger partial charge on any atom is -0.357 e. The molecule has 4 aromatic rings. The van der Waals surface area contributed by atoms with E-state index >= 15 is 0 Å². The molecule has 1 amide bonds. The summed E-state index contributed by atoms with van der Waals surface area (Å²) in [6.07, 6.45) is -0.390. The number of anilines is 2. The molecule has 0 atom stereocenters. The van der Waals surface area contributed by atoms with Crippen molar-refractivity contribution in [2.75, 3.05) is 23.2 Å². The van der Waals surface area contributed by atoms with Gasteiger partial charge in [0.05, 0.1) is 23.7 Å². The predicted molar refractivity (Wildman–Crippen MR) is 115 cm³/mol. The zero-order chi connectivity index (χ0) is 27.7. The minimum absolute atomic E-state index is 0.0116. The summed E-state index contributed by atoms with van der Waals surface area (Å²) in [4.78, 5) is 29.9. The highest BCUT2D eigenvalue weighted by Crippen LogP contribution is 2.23. The Hall–Kier alpha value is -3.81. The fraction of sp³-hybridized carbons (Fsp3) is 0.227. The van der Waals surface area contributed by atoms with Crippen LogP contribution in [0.2, 0.25) is 0 Å². The SMILES string of the molecule is [2H]C1([2H])N(c2cc(C(=O)Nc3ncc4ccc(-c5cncn5C)cc4n3)ccn2)C([2H])([2H])C([2H])([2H])C1([2H])[2H]. The van der Waals surface area contributed by atoms with Gasteiger partial charge in [0.1, 0.15) is 5.82 Å².